The highest BCUT2D eigenvalue weighted by atomic mass is 35.5. The zero-order chi connectivity index (χ0) is 15.4. The lowest BCUT2D eigenvalue weighted by molar-refractivity contribution is 0.292. The zero-order valence-corrected chi connectivity index (χ0v) is 13.7. The van der Waals surface area contributed by atoms with Gasteiger partial charge in [-0.2, -0.15) is 5.10 Å². The first-order valence-electron chi connectivity index (χ1n) is 6.83. The summed E-state index contributed by atoms with van der Waals surface area (Å²) in [6, 6.07) is 7.42. The predicted octanol–water partition coefficient (Wildman–Crippen LogP) is 3.33. The Labute approximate surface area is 134 Å². The molecular weight excluding hydrogens is 306 g/mol. The van der Waals surface area contributed by atoms with Crippen LogP contribution in [0, 0.1) is 0 Å². The smallest absolute Gasteiger partial charge is 0.131 e. The van der Waals surface area contributed by atoms with Gasteiger partial charge >= 0.3 is 0 Å². The molecular formula is C15H18ClN3OS. The second-order valence-corrected chi connectivity index (χ2v) is 5.41. The molecule has 0 unspecified atom stereocenters. The van der Waals surface area contributed by atoms with E-state index in [2.05, 4.69) is 25.0 Å². The molecule has 0 saturated carbocycles. The Morgan fingerprint density at radius 1 is 1.43 bits per heavy atom. The fourth-order valence-electron chi connectivity index (χ4n) is 2.09. The van der Waals surface area contributed by atoms with Gasteiger partial charge in [0.15, 0.2) is 0 Å². The molecule has 112 valence electrons. The molecule has 4 nitrogen and oxygen atoms in total. The maximum atomic E-state index is 6.13. The first-order valence-corrected chi connectivity index (χ1v) is 7.62. The van der Waals surface area contributed by atoms with Gasteiger partial charge in [-0.15, -0.1) is 0 Å². The highest BCUT2D eigenvalue weighted by Crippen LogP contribution is 2.27. The number of thiocarbonyl (C=S) groups is 1. The van der Waals surface area contributed by atoms with Gasteiger partial charge in [0.05, 0.1) is 22.0 Å². The van der Waals surface area contributed by atoms with Crippen LogP contribution in [0.5, 0.6) is 5.75 Å². The molecule has 1 aromatic heterocycles. The number of halogens is 1. The van der Waals surface area contributed by atoms with Gasteiger partial charge in [0.2, 0.25) is 0 Å². The third-order valence-electron chi connectivity index (χ3n) is 3.17. The van der Waals surface area contributed by atoms with Gasteiger partial charge in [-0.05, 0) is 31.5 Å². The van der Waals surface area contributed by atoms with Gasteiger partial charge < -0.3 is 10.5 Å². The maximum absolute atomic E-state index is 6.13. The Balaban J connectivity index is 2.22. The Hall–Kier alpha value is -1.59. The Morgan fingerprint density at radius 2 is 2.19 bits per heavy atom. The number of nitrogens with two attached hydrogens (primary N) is 1. The number of ether oxygens (including phenoxy) is 1. The van der Waals surface area contributed by atoms with Gasteiger partial charge in [0.25, 0.3) is 0 Å². The average Bonchev–Trinajstić information content (AvgIpc) is 2.87. The molecule has 1 heterocycles. The van der Waals surface area contributed by atoms with Gasteiger partial charge in [0.1, 0.15) is 17.3 Å². The summed E-state index contributed by atoms with van der Waals surface area (Å²) in [5.41, 5.74) is 8.36. The molecule has 0 saturated heterocycles. The highest BCUT2D eigenvalue weighted by Gasteiger charge is 2.12. The number of aryl methyl sites for hydroxylation is 2. The van der Waals surface area contributed by atoms with Crippen molar-refractivity contribution in [2.75, 3.05) is 0 Å². The van der Waals surface area contributed by atoms with Crippen molar-refractivity contribution in [3.8, 4) is 5.75 Å². The SMILES string of the molecule is CCc1cc(COc2cccc(Cl)c2C(N)=S)n(CC)n1. The van der Waals surface area contributed by atoms with Crippen LogP contribution in [0.2, 0.25) is 5.02 Å². The second kappa shape index (κ2) is 6.91. The molecule has 0 fully saturated rings. The first kappa shape index (κ1) is 15.8. The summed E-state index contributed by atoms with van der Waals surface area (Å²) in [6.45, 7) is 5.33. The molecule has 2 rings (SSSR count). The van der Waals surface area contributed by atoms with E-state index >= 15 is 0 Å². The second-order valence-electron chi connectivity index (χ2n) is 4.56. The maximum Gasteiger partial charge on any atom is 0.131 e. The molecule has 0 amide bonds. The summed E-state index contributed by atoms with van der Waals surface area (Å²) in [6.07, 6.45) is 0.898. The molecule has 6 heteroatoms. The third kappa shape index (κ3) is 3.54. The van der Waals surface area contributed by atoms with Crippen LogP contribution in [0.4, 0.5) is 0 Å². The Bertz CT molecular complexity index is 654. The molecule has 0 aliphatic carbocycles. The Morgan fingerprint density at radius 3 is 2.81 bits per heavy atom. The molecule has 0 radical (unpaired) electrons. The largest absolute Gasteiger partial charge is 0.487 e. The molecule has 0 bridgehead atoms. The van der Waals surface area contributed by atoms with Crippen LogP contribution in [-0.2, 0) is 19.6 Å². The fraction of sp³-hybridized carbons (Fsp3) is 0.333. The lowest BCUT2D eigenvalue weighted by Gasteiger charge is -2.12. The molecule has 21 heavy (non-hydrogen) atoms. The molecule has 2 aromatic rings. The van der Waals surface area contributed by atoms with E-state index in [9.17, 15) is 0 Å². The van der Waals surface area contributed by atoms with Crippen molar-refractivity contribution in [2.45, 2.75) is 33.4 Å². The molecule has 0 atom stereocenters. The monoisotopic (exact) mass is 323 g/mol. The van der Waals surface area contributed by atoms with Crippen LogP contribution >= 0.6 is 23.8 Å². The van der Waals surface area contributed by atoms with Crippen molar-refractivity contribution in [1.29, 1.82) is 0 Å². The number of nitrogens with zero attached hydrogens (tertiary/aromatic N) is 2. The summed E-state index contributed by atoms with van der Waals surface area (Å²) in [7, 11) is 0. The minimum absolute atomic E-state index is 0.230. The summed E-state index contributed by atoms with van der Waals surface area (Å²) in [5, 5.41) is 4.99. The van der Waals surface area contributed by atoms with E-state index < -0.39 is 0 Å². The van der Waals surface area contributed by atoms with Gasteiger partial charge in [0, 0.05) is 6.54 Å². The standard InChI is InChI=1S/C15H18ClN3OS/c1-3-10-8-11(19(4-2)18-10)9-20-13-7-5-6-12(16)14(13)15(17)21/h5-8H,3-4,9H2,1-2H3,(H2,17,21). The number of aromatic nitrogens is 2. The molecule has 2 N–H and O–H groups in total. The van der Waals surface area contributed by atoms with E-state index in [-0.39, 0.29) is 4.99 Å². The molecule has 0 spiro atoms. The fourth-order valence-corrected chi connectivity index (χ4v) is 2.63. The highest BCUT2D eigenvalue weighted by molar-refractivity contribution is 7.80. The van der Waals surface area contributed by atoms with Crippen LogP contribution < -0.4 is 10.5 Å². The van der Waals surface area contributed by atoms with Crippen LogP contribution in [0.25, 0.3) is 0 Å². The summed E-state index contributed by atoms with van der Waals surface area (Å²) in [5.74, 6) is 0.594. The minimum Gasteiger partial charge on any atom is -0.487 e. The van der Waals surface area contributed by atoms with Crippen LogP contribution in [0.3, 0.4) is 0 Å². The van der Waals surface area contributed by atoms with E-state index in [0.29, 0.717) is 22.9 Å². The number of benzene rings is 1. The predicted molar refractivity (Wildman–Crippen MR) is 89.0 cm³/mol. The third-order valence-corrected chi connectivity index (χ3v) is 3.69. The van der Waals surface area contributed by atoms with Crippen molar-refractivity contribution in [2.24, 2.45) is 5.73 Å². The number of hydrogen-bond donors (Lipinski definition) is 1. The van der Waals surface area contributed by atoms with Crippen LogP contribution in [-0.4, -0.2) is 14.8 Å². The lowest BCUT2D eigenvalue weighted by Crippen LogP contribution is -2.13. The van der Waals surface area contributed by atoms with E-state index in [1.807, 2.05) is 16.8 Å². The number of rotatable bonds is 6. The van der Waals surface area contributed by atoms with E-state index in [1.54, 1.807) is 6.07 Å². The van der Waals surface area contributed by atoms with Crippen molar-refractivity contribution >= 4 is 28.8 Å². The van der Waals surface area contributed by atoms with Crippen molar-refractivity contribution in [3.05, 3.63) is 46.2 Å². The van der Waals surface area contributed by atoms with Crippen molar-refractivity contribution < 1.29 is 4.74 Å². The minimum atomic E-state index is 0.230. The van der Waals surface area contributed by atoms with Crippen LogP contribution in [0.15, 0.2) is 24.3 Å². The molecule has 1 aromatic carbocycles. The molecule has 0 aliphatic rings. The topological polar surface area (TPSA) is 53.1 Å². The van der Waals surface area contributed by atoms with Gasteiger partial charge in [-0.3, -0.25) is 4.68 Å². The van der Waals surface area contributed by atoms with E-state index in [0.717, 1.165) is 24.4 Å². The Kier molecular flexibility index (Phi) is 5.20. The van der Waals surface area contributed by atoms with E-state index in [1.165, 1.54) is 0 Å². The first-order chi connectivity index (χ1) is 10.1. The quantitative estimate of drug-likeness (QED) is 0.828. The summed E-state index contributed by atoms with van der Waals surface area (Å²) in [4.78, 5) is 0.230. The van der Waals surface area contributed by atoms with Gasteiger partial charge in [-0.1, -0.05) is 36.8 Å². The molecule has 0 aliphatic heterocycles. The summed E-state index contributed by atoms with van der Waals surface area (Å²) < 4.78 is 7.79. The van der Waals surface area contributed by atoms with Crippen molar-refractivity contribution in [1.82, 2.24) is 9.78 Å². The number of hydrogen-bond acceptors (Lipinski definition) is 3. The van der Waals surface area contributed by atoms with E-state index in [4.69, 9.17) is 34.3 Å². The lowest BCUT2D eigenvalue weighted by atomic mass is 10.2. The summed E-state index contributed by atoms with van der Waals surface area (Å²) >= 11 is 11.2. The van der Waals surface area contributed by atoms with Gasteiger partial charge in [-0.25, -0.2) is 0 Å². The van der Waals surface area contributed by atoms with Crippen LogP contribution in [0.1, 0.15) is 30.8 Å². The zero-order valence-electron chi connectivity index (χ0n) is 12.1. The van der Waals surface area contributed by atoms with Crippen molar-refractivity contribution in [3.63, 3.8) is 0 Å². The average molecular weight is 324 g/mol. The normalized spacial score (nSPS) is 10.6.